The van der Waals surface area contributed by atoms with Crippen molar-refractivity contribution in [2.75, 3.05) is 13.1 Å². The van der Waals surface area contributed by atoms with Crippen molar-refractivity contribution in [2.45, 2.75) is 38.5 Å². The summed E-state index contributed by atoms with van der Waals surface area (Å²) in [6.07, 6.45) is 7.30. The van der Waals surface area contributed by atoms with E-state index in [-0.39, 0.29) is 17.3 Å². The van der Waals surface area contributed by atoms with E-state index in [2.05, 4.69) is 4.98 Å². The molecule has 0 atom stereocenters. The molecule has 1 amide bonds. The fourth-order valence-corrected chi connectivity index (χ4v) is 3.65. The van der Waals surface area contributed by atoms with Crippen molar-refractivity contribution in [1.82, 2.24) is 9.88 Å². The van der Waals surface area contributed by atoms with Gasteiger partial charge in [0.2, 0.25) is 0 Å². The number of aromatic carboxylic acids is 1. The maximum absolute atomic E-state index is 12.5. The first kappa shape index (κ1) is 14.0. The number of rotatable bonds is 2. The fraction of sp³-hybridized carbons (Fsp3) is 0.562. The van der Waals surface area contributed by atoms with Crippen LogP contribution in [0.25, 0.3) is 0 Å². The van der Waals surface area contributed by atoms with Crippen LogP contribution in [0.5, 0.6) is 0 Å². The van der Waals surface area contributed by atoms with Gasteiger partial charge in [0, 0.05) is 13.1 Å². The van der Waals surface area contributed by atoms with Gasteiger partial charge in [-0.25, -0.2) is 9.78 Å². The second kappa shape index (κ2) is 5.47. The molecule has 0 bridgehead atoms. The fourth-order valence-electron chi connectivity index (χ4n) is 3.65. The van der Waals surface area contributed by atoms with E-state index in [1.165, 1.54) is 38.2 Å². The molecule has 0 unspecified atom stereocenters. The van der Waals surface area contributed by atoms with Gasteiger partial charge in [0.15, 0.2) is 0 Å². The lowest BCUT2D eigenvalue weighted by Crippen LogP contribution is -2.33. The molecule has 5 heteroatoms. The molecular weight excluding hydrogens is 268 g/mol. The standard InChI is InChI=1S/C16H20N2O3/c19-14(12-5-4-6-13(17-12)15(20)21)18-10-9-16(11-18)7-2-1-3-8-16/h4-6H,1-3,7-11H2,(H,20,21). The summed E-state index contributed by atoms with van der Waals surface area (Å²) < 4.78 is 0. The predicted octanol–water partition coefficient (Wildman–Crippen LogP) is 2.58. The summed E-state index contributed by atoms with van der Waals surface area (Å²) in [6, 6.07) is 4.59. The van der Waals surface area contributed by atoms with Crippen LogP contribution in [0.3, 0.4) is 0 Å². The summed E-state index contributed by atoms with van der Waals surface area (Å²) >= 11 is 0. The number of carboxylic acid groups (broad SMARTS) is 1. The molecule has 1 aromatic rings. The molecule has 1 saturated carbocycles. The maximum atomic E-state index is 12.5. The van der Waals surface area contributed by atoms with Crippen LogP contribution in [-0.4, -0.2) is 40.0 Å². The predicted molar refractivity (Wildman–Crippen MR) is 77.2 cm³/mol. The van der Waals surface area contributed by atoms with Gasteiger partial charge in [-0.1, -0.05) is 25.3 Å². The largest absolute Gasteiger partial charge is 0.477 e. The zero-order chi connectivity index (χ0) is 14.9. The molecular formula is C16H20N2O3. The van der Waals surface area contributed by atoms with Crippen molar-refractivity contribution in [3.8, 4) is 0 Å². The molecule has 21 heavy (non-hydrogen) atoms. The van der Waals surface area contributed by atoms with E-state index in [0.717, 1.165) is 19.5 Å². The number of amides is 1. The minimum absolute atomic E-state index is 0.0765. The molecule has 1 spiro atoms. The van der Waals surface area contributed by atoms with Crippen LogP contribution in [0.15, 0.2) is 18.2 Å². The molecule has 2 fully saturated rings. The number of aromatic nitrogens is 1. The third kappa shape index (κ3) is 2.77. The third-order valence-corrected chi connectivity index (χ3v) is 4.83. The first-order chi connectivity index (χ1) is 10.1. The summed E-state index contributed by atoms with van der Waals surface area (Å²) in [7, 11) is 0. The Morgan fingerprint density at radius 3 is 2.52 bits per heavy atom. The summed E-state index contributed by atoms with van der Waals surface area (Å²) in [4.78, 5) is 29.3. The van der Waals surface area contributed by atoms with Gasteiger partial charge in [-0.2, -0.15) is 0 Å². The molecule has 2 aliphatic rings. The van der Waals surface area contributed by atoms with E-state index in [1.807, 2.05) is 4.90 Å². The van der Waals surface area contributed by atoms with E-state index in [0.29, 0.717) is 5.41 Å². The normalized spacial score (nSPS) is 20.7. The highest BCUT2D eigenvalue weighted by atomic mass is 16.4. The van der Waals surface area contributed by atoms with Gasteiger partial charge >= 0.3 is 5.97 Å². The molecule has 1 aliphatic heterocycles. The lowest BCUT2D eigenvalue weighted by atomic mass is 9.73. The highest BCUT2D eigenvalue weighted by Crippen LogP contribution is 2.43. The van der Waals surface area contributed by atoms with E-state index in [4.69, 9.17) is 5.11 Å². The van der Waals surface area contributed by atoms with Gasteiger partial charge in [-0.05, 0) is 36.8 Å². The smallest absolute Gasteiger partial charge is 0.354 e. The highest BCUT2D eigenvalue weighted by Gasteiger charge is 2.40. The topological polar surface area (TPSA) is 70.5 Å². The van der Waals surface area contributed by atoms with Crippen molar-refractivity contribution in [1.29, 1.82) is 0 Å². The van der Waals surface area contributed by atoms with Crippen molar-refractivity contribution in [3.05, 3.63) is 29.6 Å². The summed E-state index contributed by atoms with van der Waals surface area (Å²) in [6.45, 7) is 1.56. The van der Waals surface area contributed by atoms with E-state index < -0.39 is 5.97 Å². The van der Waals surface area contributed by atoms with E-state index >= 15 is 0 Å². The number of carboxylic acids is 1. The number of hydrogen-bond acceptors (Lipinski definition) is 3. The van der Waals surface area contributed by atoms with Crippen molar-refractivity contribution in [2.24, 2.45) is 5.41 Å². The third-order valence-electron chi connectivity index (χ3n) is 4.83. The number of nitrogens with zero attached hydrogens (tertiary/aromatic N) is 2. The SMILES string of the molecule is O=C(O)c1cccc(C(=O)N2CCC3(CCCCC3)C2)n1. The molecule has 0 aromatic carbocycles. The molecule has 0 radical (unpaired) electrons. The van der Waals surface area contributed by atoms with Gasteiger partial charge in [0.25, 0.3) is 5.91 Å². The van der Waals surface area contributed by atoms with Crippen LogP contribution in [0.4, 0.5) is 0 Å². The first-order valence-electron chi connectivity index (χ1n) is 7.59. The number of carbonyl (C=O) groups excluding carboxylic acids is 1. The minimum atomic E-state index is -1.10. The molecule has 1 aliphatic carbocycles. The van der Waals surface area contributed by atoms with Crippen LogP contribution < -0.4 is 0 Å². The zero-order valence-corrected chi connectivity index (χ0v) is 12.0. The van der Waals surface area contributed by atoms with Crippen molar-refractivity contribution in [3.63, 3.8) is 0 Å². The highest BCUT2D eigenvalue weighted by molar-refractivity contribution is 5.94. The van der Waals surface area contributed by atoms with Crippen LogP contribution >= 0.6 is 0 Å². The van der Waals surface area contributed by atoms with Crippen molar-refractivity contribution < 1.29 is 14.7 Å². The summed E-state index contributed by atoms with van der Waals surface area (Å²) in [5.41, 5.74) is 0.466. The Bertz CT molecular complexity index is 564. The Hall–Kier alpha value is -1.91. The molecule has 3 rings (SSSR count). The van der Waals surface area contributed by atoms with Crippen LogP contribution in [0, 0.1) is 5.41 Å². The van der Waals surface area contributed by atoms with Gasteiger partial charge in [-0.15, -0.1) is 0 Å². The molecule has 1 saturated heterocycles. The monoisotopic (exact) mass is 288 g/mol. The first-order valence-corrected chi connectivity index (χ1v) is 7.59. The van der Waals surface area contributed by atoms with Crippen LogP contribution in [0.2, 0.25) is 0 Å². The molecule has 1 N–H and O–H groups in total. The quantitative estimate of drug-likeness (QED) is 0.908. The lowest BCUT2D eigenvalue weighted by Gasteiger charge is -2.33. The Morgan fingerprint density at radius 1 is 1.10 bits per heavy atom. The van der Waals surface area contributed by atoms with Crippen LogP contribution in [0.1, 0.15) is 59.5 Å². The second-order valence-electron chi connectivity index (χ2n) is 6.25. The molecule has 112 valence electrons. The zero-order valence-electron chi connectivity index (χ0n) is 12.0. The van der Waals surface area contributed by atoms with Gasteiger partial charge in [-0.3, -0.25) is 4.79 Å². The number of carbonyl (C=O) groups is 2. The Kier molecular flexibility index (Phi) is 3.66. The van der Waals surface area contributed by atoms with E-state index in [1.54, 1.807) is 12.1 Å². The summed E-state index contributed by atoms with van der Waals surface area (Å²) in [5, 5.41) is 8.97. The maximum Gasteiger partial charge on any atom is 0.354 e. The summed E-state index contributed by atoms with van der Waals surface area (Å²) in [5.74, 6) is -1.24. The van der Waals surface area contributed by atoms with Crippen molar-refractivity contribution >= 4 is 11.9 Å². The molecule has 2 heterocycles. The number of likely N-dealkylation sites (tertiary alicyclic amines) is 1. The lowest BCUT2D eigenvalue weighted by molar-refractivity contribution is 0.0689. The average molecular weight is 288 g/mol. The number of pyridine rings is 1. The minimum Gasteiger partial charge on any atom is -0.477 e. The Balaban J connectivity index is 1.74. The average Bonchev–Trinajstić information content (AvgIpc) is 2.91. The van der Waals surface area contributed by atoms with Crippen LogP contribution in [-0.2, 0) is 0 Å². The molecule has 5 nitrogen and oxygen atoms in total. The van der Waals surface area contributed by atoms with Gasteiger partial charge in [0.1, 0.15) is 11.4 Å². The van der Waals surface area contributed by atoms with E-state index in [9.17, 15) is 9.59 Å². The van der Waals surface area contributed by atoms with Gasteiger partial charge < -0.3 is 10.0 Å². The number of hydrogen-bond donors (Lipinski definition) is 1. The Morgan fingerprint density at radius 2 is 1.81 bits per heavy atom. The Labute approximate surface area is 124 Å². The second-order valence-corrected chi connectivity index (χ2v) is 6.25. The van der Waals surface area contributed by atoms with Gasteiger partial charge in [0.05, 0.1) is 0 Å². The molecule has 1 aromatic heterocycles.